The molecule has 0 aliphatic carbocycles. The van der Waals surface area contributed by atoms with Gasteiger partial charge in [0, 0.05) is 19.4 Å². The van der Waals surface area contributed by atoms with E-state index in [-0.39, 0.29) is 17.8 Å². The molecule has 0 heterocycles. The summed E-state index contributed by atoms with van der Waals surface area (Å²) in [7, 11) is 1.44. The fourth-order valence-corrected chi connectivity index (χ4v) is 4.47. The highest BCUT2D eigenvalue weighted by Crippen LogP contribution is 2.15. The van der Waals surface area contributed by atoms with E-state index in [1.54, 1.807) is 0 Å². The van der Waals surface area contributed by atoms with E-state index in [2.05, 4.69) is 22.3 Å². The van der Waals surface area contributed by atoms with Gasteiger partial charge in [0.2, 0.25) is 11.8 Å². The van der Waals surface area contributed by atoms with Gasteiger partial charge in [0.1, 0.15) is 6.04 Å². The standard InChI is InChI=1S/C31H52N2O4/c1-3-4-5-6-10-13-19-24-28(34)33-30(27-22-17-16-18-23-27)31(36)32-26-21-15-12-9-7-8-11-14-20-25-29(35)37-2/h16-18,22-23,30H,3-15,19-21,24-26H2,1-2H3,(H,32,36)(H,33,34)/t30-/m1/s1. The Labute approximate surface area is 225 Å². The molecule has 0 aliphatic heterocycles. The summed E-state index contributed by atoms with van der Waals surface area (Å²) in [6.07, 6.45) is 19.1. The number of carbonyl (C=O) groups excluding carboxylic acids is 3. The minimum Gasteiger partial charge on any atom is -0.469 e. The summed E-state index contributed by atoms with van der Waals surface area (Å²) in [6.45, 7) is 2.84. The first-order valence-corrected chi connectivity index (χ1v) is 14.8. The summed E-state index contributed by atoms with van der Waals surface area (Å²) in [5, 5.41) is 6.00. The highest BCUT2D eigenvalue weighted by atomic mass is 16.5. The van der Waals surface area contributed by atoms with E-state index in [0.717, 1.165) is 50.5 Å². The Morgan fingerprint density at radius 2 is 1.22 bits per heavy atom. The molecule has 0 unspecified atom stereocenters. The quantitative estimate of drug-likeness (QED) is 0.119. The molecular formula is C31H52N2O4. The maximum Gasteiger partial charge on any atom is 0.305 e. The van der Waals surface area contributed by atoms with Crippen molar-refractivity contribution >= 4 is 17.8 Å². The maximum atomic E-state index is 12.9. The van der Waals surface area contributed by atoms with Crippen molar-refractivity contribution in [2.24, 2.45) is 0 Å². The first-order chi connectivity index (χ1) is 18.1. The fourth-order valence-electron chi connectivity index (χ4n) is 4.47. The van der Waals surface area contributed by atoms with Crippen LogP contribution in [0, 0.1) is 0 Å². The SMILES string of the molecule is CCCCCCCCCC(=O)N[C@@H](C(=O)NCCCCCCCCCCCC(=O)OC)c1ccccc1. The zero-order chi connectivity index (χ0) is 27.0. The third-order valence-corrected chi connectivity index (χ3v) is 6.79. The molecule has 2 N–H and O–H groups in total. The van der Waals surface area contributed by atoms with Gasteiger partial charge in [-0.25, -0.2) is 0 Å². The van der Waals surface area contributed by atoms with E-state index >= 15 is 0 Å². The van der Waals surface area contributed by atoms with Crippen LogP contribution in [0.2, 0.25) is 0 Å². The van der Waals surface area contributed by atoms with Crippen molar-refractivity contribution in [2.75, 3.05) is 13.7 Å². The van der Waals surface area contributed by atoms with E-state index in [1.165, 1.54) is 64.9 Å². The summed E-state index contributed by atoms with van der Waals surface area (Å²) in [6, 6.07) is 8.87. The van der Waals surface area contributed by atoms with Gasteiger partial charge in [0.15, 0.2) is 0 Å². The van der Waals surface area contributed by atoms with Crippen LogP contribution in [-0.4, -0.2) is 31.4 Å². The van der Waals surface area contributed by atoms with Gasteiger partial charge < -0.3 is 15.4 Å². The van der Waals surface area contributed by atoms with Gasteiger partial charge in [-0.05, 0) is 24.8 Å². The largest absolute Gasteiger partial charge is 0.469 e. The van der Waals surface area contributed by atoms with E-state index in [1.807, 2.05) is 30.3 Å². The van der Waals surface area contributed by atoms with Crippen molar-refractivity contribution in [3.05, 3.63) is 35.9 Å². The molecule has 0 bridgehead atoms. The summed E-state index contributed by atoms with van der Waals surface area (Å²) in [5.41, 5.74) is 0.819. The molecule has 0 saturated carbocycles. The molecule has 1 rings (SSSR count). The van der Waals surface area contributed by atoms with Gasteiger partial charge in [0.05, 0.1) is 7.11 Å². The predicted molar refractivity (Wildman–Crippen MR) is 151 cm³/mol. The van der Waals surface area contributed by atoms with E-state index in [0.29, 0.717) is 19.4 Å². The second-order valence-electron chi connectivity index (χ2n) is 10.1. The number of benzene rings is 1. The maximum absolute atomic E-state index is 12.9. The molecule has 2 amide bonds. The van der Waals surface area contributed by atoms with Gasteiger partial charge in [-0.3, -0.25) is 14.4 Å². The summed E-state index contributed by atoms with van der Waals surface area (Å²) in [4.78, 5) is 36.6. The molecule has 0 radical (unpaired) electrons. The third kappa shape index (κ3) is 17.7. The lowest BCUT2D eigenvalue weighted by atomic mass is 10.0. The van der Waals surface area contributed by atoms with Crippen LogP contribution in [0.15, 0.2) is 30.3 Å². The number of hydrogen-bond donors (Lipinski definition) is 2. The Hall–Kier alpha value is -2.37. The number of carbonyl (C=O) groups is 3. The van der Waals surface area contributed by atoms with Crippen LogP contribution in [0.25, 0.3) is 0 Å². The Balaban J connectivity index is 2.21. The van der Waals surface area contributed by atoms with E-state index < -0.39 is 6.04 Å². The summed E-state index contributed by atoms with van der Waals surface area (Å²) >= 11 is 0. The van der Waals surface area contributed by atoms with Crippen molar-refractivity contribution in [2.45, 2.75) is 129 Å². The van der Waals surface area contributed by atoms with Gasteiger partial charge in [0.25, 0.3) is 0 Å². The van der Waals surface area contributed by atoms with Gasteiger partial charge >= 0.3 is 5.97 Å². The molecule has 0 aliphatic rings. The molecule has 1 aromatic carbocycles. The van der Waals surface area contributed by atoms with Crippen molar-refractivity contribution in [3.63, 3.8) is 0 Å². The van der Waals surface area contributed by atoms with Crippen molar-refractivity contribution in [1.29, 1.82) is 0 Å². The normalized spacial score (nSPS) is 11.6. The van der Waals surface area contributed by atoms with Gasteiger partial charge in [-0.15, -0.1) is 0 Å². The smallest absolute Gasteiger partial charge is 0.305 e. The summed E-state index contributed by atoms with van der Waals surface area (Å²) in [5.74, 6) is -0.304. The Morgan fingerprint density at radius 3 is 1.78 bits per heavy atom. The molecule has 1 atom stereocenters. The Morgan fingerprint density at radius 1 is 0.703 bits per heavy atom. The average molecular weight is 517 g/mol. The van der Waals surface area contributed by atoms with Crippen LogP contribution in [0.5, 0.6) is 0 Å². The number of nitrogens with one attached hydrogen (secondary N) is 2. The molecule has 0 spiro atoms. The van der Waals surface area contributed by atoms with Crippen LogP contribution in [0.1, 0.15) is 134 Å². The van der Waals surface area contributed by atoms with Crippen LogP contribution in [-0.2, 0) is 19.1 Å². The van der Waals surface area contributed by atoms with Crippen LogP contribution in [0.4, 0.5) is 0 Å². The number of unbranched alkanes of at least 4 members (excludes halogenated alkanes) is 14. The second kappa shape index (κ2) is 22.8. The van der Waals surface area contributed by atoms with Crippen LogP contribution in [0.3, 0.4) is 0 Å². The predicted octanol–water partition coefficient (Wildman–Crippen LogP) is 7.17. The third-order valence-electron chi connectivity index (χ3n) is 6.79. The molecule has 0 saturated heterocycles. The lowest BCUT2D eigenvalue weighted by Crippen LogP contribution is -2.40. The first-order valence-electron chi connectivity index (χ1n) is 14.8. The second-order valence-corrected chi connectivity index (χ2v) is 10.1. The van der Waals surface area contributed by atoms with Crippen molar-refractivity contribution in [3.8, 4) is 0 Å². The Kier molecular flexibility index (Phi) is 20.1. The molecular weight excluding hydrogens is 464 g/mol. The topological polar surface area (TPSA) is 84.5 Å². The number of esters is 1. The number of hydrogen-bond acceptors (Lipinski definition) is 4. The highest BCUT2D eigenvalue weighted by molar-refractivity contribution is 5.88. The zero-order valence-electron chi connectivity index (χ0n) is 23.5. The van der Waals surface area contributed by atoms with E-state index in [9.17, 15) is 14.4 Å². The fraction of sp³-hybridized carbons (Fsp3) is 0.710. The Bertz CT molecular complexity index is 723. The number of ether oxygens (including phenoxy) is 1. The van der Waals surface area contributed by atoms with Crippen molar-refractivity contribution < 1.29 is 19.1 Å². The highest BCUT2D eigenvalue weighted by Gasteiger charge is 2.22. The lowest BCUT2D eigenvalue weighted by Gasteiger charge is -2.19. The van der Waals surface area contributed by atoms with Gasteiger partial charge in [-0.2, -0.15) is 0 Å². The number of rotatable bonds is 23. The van der Waals surface area contributed by atoms with Crippen LogP contribution >= 0.6 is 0 Å². The first kappa shape index (κ1) is 32.7. The minimum atomic E-state index is -0.641. The van der Waals surface area contributed by atoms with E-state index in [4.69, 9.17) is 0 Å². The molecule has 1 aromatic rings. The molecule has 0 fully saturated rings. The molecule has 37 heavy (non-hydrogen) atoms. The van der Waals surface area contributed by atoms with Crippen molar-refractivity contribution in [1.82, 2.24) is 10.6 Å². The molecule has 210 valence electrons. The molecule has 6 nitrogen and oxygen atoms in total. The lowest BCUT2D eigenvalue weighted by molar-refractivity contribution is -0.140. The average Bonchev–Trinajstić information content (AvgIpc) is 2.91. The van der Waals surface area contributed by atoms with Crippen LogP contribution < -0.4 is 10.6 Å². The zero-order valence-corrected chi connectivity index (χ0v) is 23.5. The minimum absolute atomic E-state index is 0.0529. The number of methoxy groups -OCH3 is 1. The summed E-state index contributed by atoms with van der Waals surface area (Å²) < 4.78 is 4.66. The monoisotopic (exact) mass is 516 g/mol. The van der Waals surface area contributed by atoms with Gasteiger partial charge in [-0.1, -0.05) is 121 Å². The molecule has 6 heteroatoms. The number of amides is 2. The molecule has 0 aromatic heterocycles.